The van der Waals surface area contributed by atoms with Gasteiger partial charge in [0.2, 0.25) is 5.91 Å². The van der Waals surface area contributed by atoms with Gasteiger partial charge in [0, 0.05) is 6.04 Å². The lowest BCUT2D eigenvalue weighted by Crippen LogP contribution is -2.36. The highest BCUT2D eigenvalue weighted by molar-refractivity contribution is 7.97. The number of amides is 1. The summed E-state index contributed by atoms with van der Waals surface area (Å²) in [6.07, 6.45) is 4.54. The van der Waals surface area contributed by atoms with Crippen LogP contribution in [0.3, 0.4) is 0 Å². The summed E-state index contributed by atoms with van der Waals surface area (Å²) >= 11 is 1.72. The molecule has 0 spiro atoms. The molecule has 0 radical (unpaired) electrons. The summed E-state index contributed by atoms with van der Waals surface area (Å²) in [4.78, 5) is 16.9. The normalized spacial score (nSPS) is 16.1. The first-order chi connectivity index (χ1) is 10.2. The fraction of sp³-hybridized carbons (Fsp3) is 0.500. The number of hydrogen-bond donors (Lipinski definition) is 1. The summed E-state index contributed by atoms with van der Waals surface area (Å²) in [7, 11) is 0. The summed E-state index contributed by atoms with van der Waals surface area (Å²) < 4.78 is 2.04. The molecular weight excluding hydrogens is 282 g/mol. The van der Waals surface area contributed by atoms with Gasteiger partial charge in [0.1, 0.15) is 12.4 Å². The summed E-state index contributed by atoms with van der Waals surface area (Å²) in [5.41, 5.74) is 2.00. The molecule has 1 saturated carbocycles. The molecule has 1 heterocycles. The van der Waals surface area contributed by atoms with Gasteiger partial charge >= 0.3 is 0 Å². The Morgan fingerprint density at radius 1 is 1.48 bits per heavy atom. The van der Waals surface area contributed by atoms with Crippen molar-refractivity contribution in [3.8, 4) is 0 Å². The standard InChI is InChI=1S/C16H21N3OS/c1-11(12-7-8-12)17-16(20)9-19-14-6-4-3-5-13(14)18-15(19)10-21-2/h3-6,11-12H,7-10H2,1-2H3,(H,17,20). The molecule has 0 aliphatic heterocycles. The summed E-state index contributed by atoms with van der Waals surface area (Å²) in [6, 6.07) is 8.30. The molecule has 1 aromatic carbocycles. The molecule has 2 aromatic rings. The number of imidazole rings is 1. The van der Waals surface area contributed by atoms with E-state index in [1.807, 2.05) is 28.8 Å². The minimum Gasteiger partial charge on any atom is -0.352 e. The number of hydrogen-bond acceptors (Lipinski definition) is 3. The largest absolute Gasteiger partial charge is 0.352 e. The molecule has 112 valence electrons. The van der Waals surface area contributed by atoms with Crippen LogP contribution < -0.4 is 5.32 Å². The van der Waals surface area contributed by atoms with Crippen molar-refractivity contribution >= 4 is 28.7 Å². The zero-order chi connectivity index (χ0) is 14.8. The second kappa shape index (κ2) is 6.10. The third-order valence-corrected chi connectivity index (χ3v) is 4.57. The van der Waals surface area contributed by atoms with Crippen LogP contribution in [0.1, 0.15) is 25.6 Å². The average Bonchev–Trinajstić information content (AvgIpc) is 3.25. The van der Waals surface area contributed by atoms with Gasteiger partial charge in [-0.1, -0.05) is 12.1 Å². The molecule has 1 unspecified atom stereocenters. The Morgan fingerprint density at radius 2 is 2.24 bits per heavy atom. The van der Waals surface area contributed by atoms with Crippen LogP contribution in [0.15, 0.2) is 24.3 Å². The monoisotopic (exact) mass is 303 g/mol. The Morgan fingerprint density at radius 3 is 2.95 bits per heavy atom. The average molecular weight is 303 g/mol. The molecule has 21 heavy (non-hydrogen) atoms. The van der Waals surface area contributed by atoms with E-state index in [0.29, 0.717) is 12.5 Å². The van der Waals surface area contributed by atoms with Crippen LogP contribution in [0.25, 0.3) is 11.0 Å². The Labute approximate surface area is 129 Å². The summed E-state index contributed by atoms with van der Waals surface area (Å²) in [5.74, 6) is 2.55. The molecule has 4 nitrogen and oxygen atoms in total. The molecule has 1 aliphatic carbocycles. The van der Waals surface area contributed by atoms with Gasteiger partial charge in [0.15, 0.2) is 0 Å². The van der Waals surface area contributed by atoms with Crippen LogP contribution in [0.4, 0.5) is 0 Å². The van der Waals surface area contributed by atoms with Crippen LogP contribution in [0, 0.1) is 5.92 Å². The quantitative estimate of drug-likeness (QED) is 0.892. The number of carbonyl (C=O) groups excluding carboxylic acids is 1. The molecule has 0 bridgehead atoms. The molecular formula is C16H21N3OS. The second-order valence-electron chi connectivity index (χ2n) is 5.73. The van der Waals surface area contributed by atoms with E-state index < -0.39 is 0 Å². The van der Waals surface area contributed by atoms with Crippen LogP contribution in [-0.4, -0.2) is 27.8 Å². The van der Waals surface area contributed by atoms with E-state index in [9.17, 15) is 4.79 Å². The Hall–Kier alpha value is -1.49. The van der Waals surface area contributed by atoms with Crippen molar-refractivity contribution in [1.29, 1.82) is 0 Å². The van der Waals surface area contributed by atoms with Gasteiger partial charge in [-0.15, -0.1) is 0 Å². The van der Waals surface area contributed by atoms with Gasteiger partial charge in [-0.05, 0) is 44.1 Å². The van der Waals surface area contributed by atoms with Crippen LogP contribution in [0.2, 0.25) is 0 Å². The van der Waals surface area contributed by atoms with E-state index in [1.165, 1.54) is 12.8 Å². The third kappa shape index (κ3) is 3.23. The van der Waals surface area contributed by atoms with Crippen molar-refractivity contribution in [2.45, 2.75) is 38.1 Å². The Balaban J connectivity index is 1.80. The summed E-state index contributed by atoms with van der Waals surface area (Å²) in [6.45, 7) is 2.46. The van der Waals surface area contributed by atoms with Crippen molar-refractivity contribution < 1.29 is 4.79 Å². The molecule has 5 heteroatoms. The Kier molecular flexibility index (Phi) is 4.19. The van der Waals surface area contributed by atoms with E-state index in [-0.39, 0.29) is 11.9 Å². The first kappa shape index (κ1) is 14.4. The van der Waals surface area contributed by atoms with Crippen LogP contribution in [0.5, 0.6) is 0 Å². The molecule has 0 saturated heterocycles. The molecule has 1 aliphatic rings. The first-order valence-corrected chi connectivity index (χ1v) is 8.81. The van der Waals surface area contributed by atoms with Crippen molar-refractivity contribution in [1.82, 2.24) is 14.9 Å². The van der Waals surface area contributed by atoms with E-state index in [4.69, 9.17) is 0 Å². The highest BCUT2D eigenvalue weighted by atomic mass is 32.2. The molecule has 3 rings (SSSR count). The van der Waals surface area contributed by atoms with Gasteiger partial charge in [-0.25, -0.2) is 4.98 Å². The Bertz CT molecular complexity index is 648. The zero-order valence-electron chi connectivity index (χ0n) is 12.5. The SMILES string of the molecule is CSCc1nc2ccccc2n1CC(=O)NC(C)C1CC1. The second-order valence-corrected chi connectivity index (χ2v) is 6.60. The van der Waals surface area contributed by atoms with Crippen molar-refractivity contribution in [3.63, 3.8) is 0 Å². The van der Waals surface area contributed by atoms with Crippen LogP contribution in [-0.2, 0) is 17.1 Å². The predicted octanol–water partition coefficient (Wildman–Crippen LogP) is 2.81. The van der Waals surface area contributed by atoms with Gasteiger partial charge in [0.05, 0.1) is 16.8 Å². The van der Waals surface area contributed by atoms with Crippen molar-refractivity contribution in [2.24, 2.45) is 5.92 Å². The minimum atomic E-state index is 0.0832. The molecule has 1 atom stereocenters. The van der Waals surface area contributed by atoms with Crippen LogP contribution >= 0.6 is 11.8 Å². The molecule has 1 aromatic heterocycles. The van der Waals surface area contributed by atoms with Gasteiger partial charge < -0.3 is 9.88 Å². The number of nitrogens with one attached hydrogen (secondary N) is 1. The minimum absolute atomic E-state index is 0.0832. The van der Waals surface area contributed by atoms with E-state index in [0.717, 1.165) is 22.6 Å². The van der Waals surface area contributed by atoms with Crippen molar-refractivity contribution in [3.05, 3.63) is 30.1 Å². The number of thioether (sulfide) groups is 1. The summed E-state index contributed by atoms with van der Waals surface area (Å²) in [5, 5.41) is 3.12. The van der Waals surface area contributed by atoms with E-state index in [1.54, 1.807) is 11.8 Å². The maximum Gasteiger partial charge on any atom is 0.240 e. The number of fused-ring (bicyclic) bond motifs is 1. The lowest BCUT2D eigenvalue weighted by atomic mass is 10.2. The lowest BCUT2D eigenvalue weighted by Gasteiger charge is -2.14. The third-order valence-electron chi connectivity index (χ3n) is 4.03. The maximum atomic E-state index is 12.3. The number of nitrogens with zero attached hydrogens (tertiary/aromatic N) is 2. The van der Waals surface area contributed by atoms with Gasteiger partial charge in [-0.2, -0.15) is 11.8 Å². The molecule has 1 fully saturated rings. The number of rotatable bonds is 6. The highest BCUT2D eigenvalue weighted by Crippen LogP contribution is 2.32. The molecule has 1 amide bonds. The van der Waals surface area contributed by atoms with E-state index in [2.05, 4.69) is 23.5 Å². The lowest BCUT2D eigenvalue weighted by molar-refractivity contribution is -0.122. The topological polar surface area (TPSA) is 46.9 Å². The van der Waals surface area contributed by atoms with Gasteiger partial charge in [-0.3, -0.25) is 4.79 Å². The number of aromatic nitrogens is 2. The highest BCUT2D eigenvalue weighted by Gasteiger charge is 2.29. The fourth-order valence-electron chi connectivity index (χ4n) is 2.70. The number of carbonyl (C=O) groups is 1. The number of para-hydroxylation sites is 2. The fourth-order valence-corrected chi connectivity index (χ4v) is 3.18. The molecule has 1 N–H and O–H groups in total. The van der Waals surface area contributed by atoms with Gasteiger partial charge in [0.25, 0.3) is 0 Å². The first-order valence-electron chi connectivity index (χ1n) is 7.41. The van der Waals surface area contributed by atoms with Crippen molar-refractivity contribution in [2.75, 3.05) is 6.26 Å². The predicted molar refractivity (Wildman–Crippen MR) is 87.3 cm³/mol. The zero-order valence-corrected chi connectivity index (χ0v) is 13.3. The smallest absolute Gasteiger partial charge is 0.240 e. The van der Waals surface area contributed by atoms with E-state index >= 15 is 0 Å². The number of benzene rings is 1. The maximum absolute atomic E-state index is 12.3.